The Labute approximate surface area is 121 Å². The number of para-hydroxylation sites is 1. The van der Waals surface area contributed by atoms with Gasteiger partial charge in [-0.05, 0) is 54.8 Å². The zero-order valence-electron chi connectivity index (χ0n) is 12.2. The van der Waals surface area contributed by atoms with Crippen LogP contribution < -0.4 is 4.74 Å². The van der Waals surface area contributed by atoms with Crippen LogP contribution in [0, 0.1) is 0 Å². The first-order valence-electron chi connectivity index (χ1n) is 7.12. The molecule has 2 rings (SSSR count). The SMILES string of the molecule is CCCC/C(=N\C)c1ccc(Oc2ccccc2)cc1. The monoisotopic (exact) mass is 267 g/mol. The second-order valence-electron chi connectivity index (χ2n) is 4.71. The lowest BCUT2D eigenvalue weighted by atomic mass is 10.0. The first-order valence-corrected chi connectivity index (χ1v) is 7.12. The summed E-state index contributed by atoms with van der Waals surface area (Å²) in [4.78, 5) is 4.39. The smallest absolute Gasteiger partial charge is 0.127 e. The highest BCUT2D eigenvalue weighted by Gasteiger charge is 2.03. The first-order chi connectivity index (χ1) is 9.83. The highest BCUT2D eigenvalue weighted by atomic mass is 16.5. The maximum Gasteiger partial charge on any atom is 0.127 e. The van der Waals surface area contributed by atoms with Gasteiger partial charge in [-0.15, -0.1) is 0 Å². The summed E-state index contributed by atoms with van der Waals surface area (Å²) in [5, 5.41) is 0. The maximum absolute atomic E-state index is 5.79. The number of benzene rings is 2. The Kier molecular flexibility index (Phi) is 5.36. The van der Waals surface area contributed by atoms with Crippen molar-refractivity contribution in [1.82, 2.24) is 0 Å². The quantitative estimate of drug-likeness (QED) is 0.668. The minimum Gasteiger partial charge on any atom is -0.457 e. The summed E-state index contributed by atoms with van der Waals surface area (Å²) in [5.41, 5.74) is 2.35. The van der Waals surface area contributed by atoms with E-state index in [0.29, 0.717) is 0 Å². The molecule has 0 unspecified atom stereocenters. The Morgan fingerprint density at radius 3 is 2.20 bits per heavy atom. The normalized spacial score (nSPS) is 11.4. The maximum atomic E-state index is 5.79. The zero-order chi connectivity index (χ0) is 14.2. The number of unbranched alkanes of at least 4 members (excludes halogenated alkanes) is 1. The fourth-order valence-corrected chi connectivity index (χ4v) is 2.07. The third-order valence-corrected chi connectivity index (χ3v) is 3.20. The summed E-state index contributed by atoms with van der Waals surface area (Å²) >= 11 is 0. The molecule has 0 bridgehead atoms. The van der Waals surface area contributed by atoms with E-state index in [-0.39, 0.29) is 0 Å². The Bertz CT molecular complexity index is 543. The largest absolute Gasteiger partial charge is 0.457 e. The van der Waals surface area contributed by atoms with Crippen LogP contribution in [0.15, 0.2) is 59.6 Å². The molecule has 0 N–H and O–H groups in total. The summed E-state index contributed by atoms with van der Waals surface area (Å²) in [6.45, 7) is 2.20. The van der Waals surface area contributed by atoms with Crippen molar-refractivity contribution in [2.45, 2.75) is 26.2 Å². The van der Waals surface area contributed by atoms with E-state index < -0.39 is 0 Å². The fraction of sp³-hybridized carbons (Fsp3) is 0.278. The van der Waals surface area contributed by atoms with E-state index in [1.54, 1.807) is 0 Å². The minimum atomic E-state index is 0.853. The van der Waals surface area contributed by atoms with E-state index in [4.69, 9.17) is 4.74 Å². The molecule has 0 aliphatic carbocycles. The molecule has 0 aliphatic heterocycles. The lowest BCUT2D eigenvalue weighted by Gasteiger charge is -2.08. The van der Waals surface area contributed by atoms with Gasteiger partial charge >= 0.3 is 0 Å². The van der Waals surface area contributed by atoms with Crippen LogP contribution in [0.3, 0.4) is 0 Å². The molecule has 2 heteroatoms. The van der Waals surface area contributed by atoms with E-state index in [9.17, 15) is 0 Å². The van der Waals surface area contributed by atoms with Crippen LogP contribution in [0.4, 0.5) is 0 Å². The third kappa shape index (κ3) is 3.95. The molecule has 0 fully saturated rings. The van der Waals surface area contributed by atoms with E-state index >= 15 is 0 Å². The molecule has 0 saturated carbocycles. The molecule has 104 valence electrons. The highest BCUT2D eigenvalue weighted by Crippen LogP contribution is 2.21. The van der Waals surface area contributed by atoms with Crippen molar-refractivity contribution in [3.63, 3.8) is 0 Å². The number of ether oxygens (including phenoxy) is 1. The topological polar surface area (TPSA) is 21.6 Å². The first kappa shape index (κ1) is 14.3. The molecule has 0 spiro atoms. The Morgan fingerprint density at radius 1 is 0.950 bits per heavy atom. The third-order valence-electron chi connectivity index (χ3n) is 3.20. The zero-order valence-corrected chi connectivity index (χ0v) is 12.2. The molecule has 2 nitrogen and oxygen atoms in total. The van der Waals surface area contributed by atoms with Gasteiger partial charge in [-0.25, -0.2) is 0 Å². The summed E-state index contributed by atoms with van der Waals surface area (Å²) < 4.78 is 5.79. The van der Waals surface area contributed by atoms with Crippen LogP contribution in [0.5, 0.6) is 11.5 Å². The lowest BCUT2D eigenvalue weighted by molar-refractivity contribution is 0.482. The average Bonchev–Trinajstić information content (AvgIpc) is 2.50. The van der Waals surface area contributed by atoms with Gasteiger partial charge < -0.3 is 4.74 Å². The van der Waals surface area contributed by atoms with Gasteiger partial charge in [0.2, 0.25) is 0 Å². The van der Waals surface area contributed by atoms with Crippen LogP contribution in [0.1, 0.15) is 31.7 Å². The van der Waals surface area contributed by atoms with E-state index in [1.807, 2.05) is 49.5 Å². The Morgan fingerprint density at radius 2 is 1.60 bits per heavy atom. The predicted molar refractivity (Wildman–Crippen MR) is 84.9 cm³/mol. The molecule has 0 radical (unpaired) electrons. The van der Waals surface area contributed by atoms with Gasteiger partial charge in [0.15, 0.2) is 0 Å². The molecule has 0 saturated heterocycles. The van der Waals surface area contributed by atoms with Crippen molar-refractivity contribution in [2.24, 2.45) is 4.99 Å². The second kappa shape index (κ2) is 7.49. The lowest BCUT2D eigenvalue weighted by Crippen LogP contribution is -2.00. The molecular formula is C18H21NO. The number of aliphatic imine (C=N–C) groups is 1. The molecule has 20 heavy (non-hydrogen) atoms. The van der Waals surface area contributed by atoms with Crippen LogP contribution in [-0.2, 0) is 0 Å². The average molecular weight is 267 g/mol. The van der Waals surface area contributed by atoms with E-state index in [2.05, 4.69) is 24.0 Å². The standard InChI is InChI=1S/C18H21NO/c1-3-4-10-18(19-2)15-11-13-17(14-12-15)20-16-8-6-5-7-9-16/h5-9,11-14H,3-4,10H2,1-2H3/b19-18+. The van der Waals surface area contributed by atoms with Crippen LogP contribution in [0.25, 0.3) is 0 Å². The van der Waals surface area contributed by atoms with Gasteiger partial charge in [0.1, 0.15) is 11.5 Å². The molecule has 0 aromatic heterocycles. The number of rotatable bonds is 6. The number of hydrogen-bond acceptors (Lipinski definition) is 2. The van der Waals surface area contributed by atoms with Gasteiger partial charge in [0.05, 0.1) is 0 Å². The van der Waals surface area contributed by atoms with Gasteiger partial charge in [-0.3, -0.25) is 4.99 Å². The molecule has 2 aromatic carbocycles. The molecule has 2 aromatic rings. The van der Waals surface area contributed by atoms with Crippen molar-refractivity contribution >= 4 is 5.71 Å². The Balaban J connectivity index is 2.06. The van der Waals surface area contributed by atoms with E-state index in [0.717, 1.165) is 23.6 Å². The predicted octanol–water partition coefficient (Wildman–Crippen LogP) is 5.09. The van der Waals surface area contributed by atoms with Crippen molar-refractivity contribution < 1.29 is 4.74 Å². The number of nitrogens with zero attached hydrogens (tertiary/aromatic N) is 1. The molecule has 0 aliphatic rings. The molecule has 0 amide bonds. The summed E-state index contributed by atoms with van der Waals surface area (Å²) in [5.74, 6) is 1.71. The van der Waals surface area contributed by atoms with Crippen molar-refractivity contribution in [2.75, 3.05) is 7.05 Å². The highest BCUT2D eigenvalue weighted by molar-refractivity contribution is 6.00. The van der Waals surface area contributed by atoms with E-state index in [1.165, 1.54) is 18.4 Å². The van der Waals surface area contributed by atoms with Crippen LogP contribution >= 0.6 is 0 Å². The van der Waals surface area contributed by atoms with Gasteiger partial charge in [0, 0.05) is 12.8 Å². The Hall–Kier alpha value is -2.09. The fourth-order valence-electron chi connectivity index (χ4n) is 2.07. The van der Waals surface area contributed by atoms with Crippen molar-refractivity contribution in [3.8, 4) is 11.5 Å². The van der Waals surface area contributed by atoms with Gasteiger partial charge in [-0.1, -0.05) is 31.5 Å². The molecule has 0 atom stereocenters. The van der Waals surface area contributed by atoms with Crippen molar-refractivity contribution in [1.29, 1.82) is 0 Å². The molecular weight excluding hydrogens is 246 g/mol. The van der Waals surface area contributed by atoms with Gasteiger partial charge in [0.25, 0.3) is 0 Å². The summed E-state index contributed by atoms with van der Waals surface area (Å²) in [6, 6.07) is 18.0. The second-order valence-corrected chi connectivity index (χ2v) is 4.71. The summed E-state index contributed by atoms with van der Waals surface area (Å²) in [6.07, 6.45) is 3.40. The summed E-state index contributed by atoms with van der Waals surface area (Å²) in [7, 11) is 1.86. The molecule has 0 heterocycles. The minimum absolute atomic E-state index is 0.853. The van der Waals surface area contributed by atoms with Crippen LogP contribution in [0.2, 0.25) is 0 Å². The van der Waals surface area contributed by atoms with Crippen molar-refractivity contribution in [3.05, 3.63) is 60.2 Å². The van der Waals surface area contributed by atoms with Gasteiger partial charge in [-0.2, -0.15) is 0 Å². The van der Waals surface area contributed by atoms with Crippen LogP contribution in [-0.4, -0.2) is 12.8 Å². The number of hydrogen-bond donors (Lipinski definition) is 0.